The highest BCUT2D eigenvalue weighted by Gasteiger charge is 2.23. The second kappa shape index (κ2) is 12.1. The first-order valence-corrected chi connectivity index (χ1v) is 9.87. The Bertz CT molecular complexity index is 668. The summed E-state index contributed by atoms with van der Waals surface area (Å²) in [6, 6.07) is 8.46. The smallest absolute Gasteiger partial charge is 0.409 e. The van der Waals surface area contributed by atoms with Gasteiger partial charge in [0.05, 0.1) is 13.7 Å². The van der Waals surface area contributed by atoms with Gasteiger partial charge in [-0.3, -0.25) is 4.99 Å². The molecule has 0 saturated carbocycles. The second-order valence-electron chi connectivity index (χ2n) is 7.97. The molecule has 2 rings (SSSR count). The number of halogens is 1. The molecule has 0 bridgehead atoms. The Morgan fingerprint density at radius 3 is 2.48 bits per heavy atom. The summed E-state index contributed by atoms with van der Waals surface area (Å²) in [6.45, 7) is 9.13. The first-order chi connectivity index (χ1) is 13.3. The predicted molar refractivity (Wildman–Crippen MR) is 128 cm³/mol. The average Bonchev–Trinajstić information content (AvgIpc) is 2.69. The van der Waals surface area contributed by atoms with Gasteiger partial charge in [-0.25, -0.2) is 4.79 Å². The predicted octanol–water partition coefficient (Wildman–Crippen LogP) is 3.38. The van der Waals surface area contributed by atoms with E-state index in [1.54, 1.807) is 11.9 Å². The maximum Gasteiger partial charge on any atom is 0.409 e. The topological polar surface area (TPSA) is 75.2 Å². The van der Waals surface area contributed by atoms with Gasteiger partial charge in [-0.2, -0.15) is 0 Å². The minimum atomic E-state index is -0.256. The van der Waals surface area contributed by atoms with E-state index in [2.05, 4.69) is 42.5 Å². The third-order valence-electron chi connectivity index (χ3n) is 4.84. The molecule has 0 radical (unpaired) electrons. The van der Waals surface area contributed by atoms with Crippen molar-refractivity contribution in [2.75, 3.05) is 40.4 Å². The average molecular weight is 518 g/mol. The van der Waals surface area contributed by atoms with E-state index in [0.717, 1.165) is 24.6 Å². The molecule has 0 atom stereocenters. The summed E-state index contributed by atoms with van der Waals surface area (Å²) >= 11 is 0. The van der Waals surface area contributed by atoms with Crippen LogP contribution in [0.3, 0.4) is 0 Å². The molecule has 0 unspecified atom stereocenters. The summed E-state index contributed by atoms with van der Waals surface area (Å²) in [6.07, 6.45) is 1.48. The molecule has 2 N–H and O–H groups in total. The fraction of sp³-hybridized carbons (Fsp3) is 0.619. The standard InChI is InChI=1S/C21H34N4O3.HI/c1-21(2,3)17-8-6-7-9-18(17)28-15-12-23-19(22-4)24-16-10-13-25(14-11-16)20(26)27-5;/h6-9,16H,10-15H2,1-5H3,(H2,22,23,24);1H. The van der Waals surface area contributed by atoms with Gasteiger partial charge in [-0.05, 0) is 29.9 Å². The number of piperidine rings is 1. The molecule has 1 aromatic rings. The number of nitrogens with zero attached hydrogens (tertiary/aromatic N) is 2. The number of hydrogen-bond acceptors (Lipinski definition) is 4. The van der Waals surface area contributed by atoms with E-state index in [0.29, 0.717) is 26.2 Å². The Balaban J connectivity index is 0.00000420. The summed E-state index contributed by atoms with van der Waals surface area (Å²) in [4.78, 5) is 17.6. The number of guanidine groups is 1. The third kappa shape index (κ3) is 7.91. The monoisotopic (exact) mass is 518 g/mol. The molecule has 1 aliphatic rings. The number of rotatable bonds is 5. The molecular formula is C21H35IN4O3. The quantitative estimate of drug-likeness (QED) is 0.271. The van der Waals surface area contributed by atoms with Crippen molar-refractivity contribution in [3.05, 3.63) is 29.8 Å². The van der Waals surface area contributed by atoms with Gasteiger partial charge in [-0.1, -0.05) is 39.0 Å². The molecule has 0 aliphatic carbocycles. The molecule has 1 heterocycles. The molecule has 1 saturated heterocycles. The number of ether oxygens (including phenoxy) is 2. The van der Waals surface area contributed by atoms with Crippen LogP contribution in [0.5, 0.6) is 5.75 Å². The Morgan fingerprint density at radius 1 is 1.24 bits per heavy atom. The van der Waals surface area contributed by atoms with Crippen molar-refractivity contribution < 1.29 is 14.3 Å². The highest BCUT2D eigenvalue weighted by atomic mass is 127. The summed E-state index contributed by atoms with van der Waals surface area (Å²) in [5.74, 6) is 1.68. The molecule has 0 aromatic heterocycles. The minimum Gasteiger partial charge on any atom is -0.491 e. The normalized spacial score (nSPS) is 15.3. The number of hydrogen-bond donors (Lipinski definition) is 2. The first-order valence-electron chi connectivity index (χ1n) is 9.87. The van der Waals surface area contributed by atoms with Crippen LogP contribution >= 0.6 is 24.0 Å². The minimum absolute atomic E-state index is 0. The molecule has 164 valence electrons. The van der Waals surface area contributed by atoms with E-state index in [-0.39, 0.29) is 41.5 Å². The van der Waals surface area contributed by atoms with Crippen LogP contribution in [0.2, 0.25) is 0 Å². The van der Waals surface area contributed by atoms with Gasteiger partial charge in [-0.15, -0.1) is 24.0 Å². The zero-order valence-corrected chi connectivity index (χ0v) is 20.5. The summed E-state index contributed by atoms with van der Waals surface area (Å²) in [5, 5.41) is 6.72. The molecule has 1 aliphatic heterocycles. The van der Waals surface area contributed by atoms with E-state index < -0.39 is 0 Å². The molecule has 1 aromatic carbocycles. The van der Waals surface area contributed by atoms with Crippen LogP contribution in [0, 0.1) is 0 Å². The van der Waals surface area contributed by atoms with E-state index >= 15 is 0 Å². The SMILES string of the molecule is CN=C(NCCOc1ccccc1C(C)(C)C)NC1CCN(C(=O)OC)CC1.I. The van der Waals surface area contributed by atoms with Gasteiger partial charge in [0, 0.05) is 26.2 Å². The van der Waals surface area contributed by atoms with E-state index in [4.69, 9.17) is 9.47 Å². The number of methoxy groups -OCH3 is 1. The van der Waals surface area contributed by atoms with Gasteiger partial charge in [0.2, 0.25) is 0 Å². The number of amides is 1. The molecule has 8 heteroatoms. The lowest BCUT2D eigenvalue weighted by Gasteiger charge is -2.32. The van der Waals surface area contributed by atoms with Crippen LogP contribution in [0.1, 0.15) is 39.2 Å². The second-order valence-corrected chi connectivity index (χ2v) is 7.97. The fourth-order valence-corrected chi connectivity index (χ4v) is 3.27. The van der Waals surface area contributed by atoms with E-state index in [1.165, 1.54) is 12.7 Å². The van der Waals surface area contributed by atoms with Gasteiger partial charge < -0.3 is 25.0 Å². The van der Waals surface area contributed by atoms with Crippen molar-refractivity contribution in [2.45, 2.75) is 45.1 Å². The maximum atomic E-state index is 11.6. The summed E-state index contributed by atoms with van der Waals surface area (Å²) in [7, 11) is 3.18. The Morgan fingerprint density at radius 2 is 1.90 bits per heavy atom. The highest BCUT2D eigenvalue weighted by Crippen LogP contribution is 2.30. The van der Waals surface area contributed by atoms with Crippen LogP contribution in [-0.2, 0) is 10.2 Å². The number of benzene rings is 1. The largest absolute Gasteiger partial charge is 0.491 e. The number of aliphatic imine (C=N–C) groups is 1. The number of nitrogens with one attached hydrogen (secondary N) is 2. The molecule has 1 amide bonds. The molecule has 1 fully saturated rings. The van der Waals surface area contributed by atoms with Crippen molar-refractivity contribution in [3.8, 4) is 5.75 Å². The lowest BCUT2D eigenvalue weighted by molar-refractivity contribution is 0.111. The van der Waals surface area contributed by atoms with Gasteiger partial charge in [0.25, 0.3) is 0 Å². The zero-order valence-electron chi connectivity index (χ0n) is 18.2. The Labute approximate surface area is 191 Å². The first kappa shape index (κ1) is 25.3. The zero-order chi connectivity index (χ0) is 20.6. The molecular weight excluding hydrogens is 483 g/mol. The van der Waals surface area contributed by atoms with E-state index in [1.807, 2.05) is 18.2 Å². The molecule has 29 heavy (non-hydrogen) atoms. The van der Waals surface area contributed by atoms with Gasteiger partial charge in [0.15, 0.2) is 5.96 Å². The van der Waals surface area contributed by atoms with Gasteiger partial charge >= 0.3 is 6.09 Å². The van der Waals surface area contributed by atoms with Crippen LogP contribution in [0.25, 0.3) is 0 Å². The number of likely N-dealkylation sites (tertiary alicyclic amines) is 1. The van der Waals surface area contributed by atoms with Crippen molar-refractivity contribution >= 4 is 36.0 Å². The fourth-order valence-electron chi connectivity index (χ4n) is 3.27. The lowest BCUT2D eigenvalue weighted by atomic mass is 9.86. The lowest BCUT2D eigenvalue weighted by Crippen LogP contribution is -2.50. The van der Waals surface area contributed by atoms with Crippen molar-refractivity contribution in [2.24, 2.45) is 4.99 Å². The molecule has 0 spiro atoms. The van der Waals surface area contributed by atoms with E-state index in [9.17, 15) is 4.79 Å². The summed E-state index contributed by atoms with van der Waals surface area (Å²) in [5.41, 5.74) is 1.25. The van der Waals surface area contributed by atoms with Crippen molar-refractivity contribution in [3.63, 3.8) is 0 Å². The summed E-state index contributed by atoms with van der Waals surface area (Å²) < 4.78 is 10.8. The van der Waals surface area contributed by atoms with Crippen LogP contribution in [-0.4, -0.2) is 63.4 Å². The van der Waals surface area contributed by atoms with Crippen molar-refractivity contribution in [1.82, 2.24) is 15.5 Å². The van der Waals surface area contributed by atoms with Crippen LogP contribution < -0.4 is 15.4 Å². The number of carbonyl (C=O) groups is 1. The van der Waals surface area contributed by atoms with Crippen molar-refractivity contribution in [1.29, 1.82) is 0 Å². The number of carbonyl (C=O) groups excluding carboxylic acids is 1. The highest BCUT2D eigenvalue weighted by molar-refractivity contribution is 14.0. The van der Waals surface area contributed by atoms with Crippen LogP contribution in [0.15, 0.2) is 29.3 Å². The third-order valence-corrected chi connectivity index (χ3v) is 4.84. The Hall–Kier alpha value is -1.71. The Kier molecular flexibility index (Phi) is 10.6. The number of para-hydroxylation sites is 1. The molecule has 7 nitrogen and oxygen atoms in total. The maximum absolute atomic E-state index is 11.6. The van der Waals surface area contributed by atoms with Crippen LogP contribution in [0.4, 0.5) is 4.79 Å². The van der Waals surface area contributed by atoms with Gasteiger partial charge in [0.1, 0.15) is 12.4 Å².